The van der Waals surface area contributed by atoms with Gasteiger partial charge in [-0.2, -0.15) is 4.98 Å². The molecule has 0 saturated carbocycles. The number of aryl methyl sites for hydroxylation is 1. The zero-order valence-electron chi connectivity index (χ0n) is 19.9. The Morgan fingerprint density at radius 1 is 1.06 bits per heavy atom. The maximum atomic E-state index is 13.5. The number of halogens is 1. The molecule has 0 unspecified atom stereocenters. The van der Waals surface area contributed by atoms with E-state index in [1.54, 1.807) is 38.8 Å². The van der Waals surface area contributed by atoms with Crippen molar-refractivity contribution in [2.24, 2.45) is 0 Å². The highest BCUT2D eigenvalue weighted by Crippen LogP contribution is 2.26. The van der Waals surface area contributed by atoms with Crippen LogP contribution in [0.4, 0.5) is 4.39 Å². The highest BCUT2D eigenvalue weighted by atomic mass is 19.1. The number of nitrogens with zero attached hydrogens (tertiary/aromatic N) is 4. The van der Waals surface area contributed by atoms with E-state index in [1.807, 2.05) is 46.5 Å². The highest BCUT2D eigenvalue weighted by molar-refractivity contribution is 5.70. The molecule has 0 aliphatic carbocycles. The molecule has 8 heteroatoms. The SMILES string of the molecule is COCCCn1c(-c2ccc(F)cc2)cc(=O)nc1C=Cc1ccc(-n2cnc(C)c2)c(OC)c1. The van der Waals surface area contributed by atoms with E-state index < -0.39 is 0 Å². The summed E-state index contributed by atoms with van der Waals surface area (Å²) in [6.45, 7) is 3.07. The minimum Gasteiger partial charge on any atom is -0.495 e. The molecule has 180 valence electrons. The molecular formula is C27H27FN4O3. The van der Waals surface area contributed by atoms with E-state index in [1.165, 1.54) is 18.2 Å². The van der Waals surface area contributed by atoms with Gasteiger partial charge in [-0.05, 0) is 66.9 Å². The van der Waals surface area contributed by atoms with Gasteiger partial charge >= 0.3 is 0 Å². The average molecular weight is 475 g/mol. The van der Waals surface area contributed by atoms with Crippen LogP contribution in [0.25, 0.3) is 29.1 Å². The summed E-state index contributed by atoms with van der Waals surface area (Å²) in [6, 6.07) is 13.4. The maximum Gasteiger partial charge on any atom is 0.273 e. The lowest BCUT2D eigenvalue weighted by molar-refractivity contribution is 0.190. The fraction of sp³-hybridized carbons (Fsp3) is 0.222. The van der Waals surface area contributed by atoms with Gasteiger partial charge in [-0.25, -0.2) is 9.37 Å². The molecule has 0 radical (unpaired) electrons. The van der Waals surface area contributed by atoms with Gasteiger partial charge < -0.3 is 18.6 Å². The number of aromatic nitrogens is 4. The lowest BCUT2D eigenvalue weighted by atomic mass is 10.1. The van der Waals surface area contributed by atoms with Crippen LogP contribution in [0.15, 0.2) is 65.8 Å². The van der Waals surface area contributed by atoms with E-state index in [9.17, 15) is 9.18 Å². The molecule has 2 aromatic carbocycles. The average Bonchev–Trinajstić information content (AvgIpc) is 3.30. The van der Waals surface area contributed by atoms with Crippen LogP contribution in [0.3, 0.4) is 0 Å². The number of methoxy groups -OCH3 is 2. The van der Waals surface area contributed by atoms with Crippen molar-refractivity contribution >= 4 is 12.2 Å². The van der Waals surface area contributed by atoms with Crippen molar-refractivity contribution < 1.29 is 13.9 Å². The van der Waals surface area contributed by atoms with Crippen LogP contribution in [0.1, 0.15) is 23.5 Å². The van der Waals surface area contributed by atoms with Crippen molar-refractivity contribution in [3.63, 3.8) is 0 Å². The summed E-state index contributed by atoms with van der Waals surface area (Å²) >= 11 is 0. The highest BCUT2D eigenvalue weighted by Gasteiger charge is 2.11. The Morgan fingerprint density at radius 3 is 2.54 bits per heavy atom. The molecule has 4 aromatic rings. The number of benzene rings is 2. The smallest absolute Gasteiger partial charge is 0.273 e. The van der Waals surface area contributed by atoms with Gasteiger partial charge in [-0.3, -0.25) is 4.79 Å². The van der Waals surface area contributed by atoms with Gasteiger partial charge in [-0.1, -0.05) is 12.1 Å². The van der Waals surface area contributed by atoms with E-state index in [2.05, 4.69) is 9.97 Å². The molecule has 2 aromatic heterocycles. The Labute approximate surface area is 203 Å². The van der Waals surface area contributed by atoms with E-state index in [4.69, 9.17) is 9.47 Å². The van der Waals surface area contributed by atoms with Gasteiger partial charge in [0.15, 0.2) is 0 Å². The lowest BCUT2D eigenvalue weighted by Crippen LogP contribution is -2.18. The van der Waals surface area contributed by atoms with Crippen LogP contribution >= 0.6 is 0 Å². The normalized spacial score (nSPS) is 11.3. The van der Waals surface area contributed by atoms with Gasteiger partial charge in [0.05, 0.1) is 30.5 Å². The zero-order valence-corrected chi connectivity index (χ0v) is 19.9. The quantitative estimate of drug-likeness (QED) is 0.327. The molecule has 0 bridgehead atoms. The van der Waals surface area contributed by atoms with Gasteiger partial charge in [0.25, 0.3) is 5.56 Å². The molecular weight excluding hydrogens is 447 g/mol. The number of imidazole rings is 1. The summed E-state index contributed by atoms with van der Waals surface area (Å²) in [7, 11) is 3.27. The number of ether oxygens (including phenoxy) is 2. The van der Waals surface area contributed by atoms with E-state index in [-0.39, 0.29) is 11.4 Å². The van der Waals surface area contributed by atoms with Crippen LogP contribution < -0.4 is 10.3 Å². The molecule has 0 fully saturated rings. The number of hydrogen-bond donors (Lipinski definition) is 0. The first-order valence-electron chi connectivity index (χ1n) is 11.2. The summed E-state index contributed by atoms with van der Waals surface area (Å²) in [6.07, 6.45) is 8.08. The first-order valence-corrected chi connectivity index (χ1v) is 11.2. The predicted octanol–water partition coefficient (Wildman–Crippen LogP) is 4.76. The Morgan fingerprint density at radius 2 is 1.86 bits per heavy atom. The first-order chi connectivity index (χ1) is 17.0. The van der Waals surface area contributed by atoms with Crippen molar-refractivity contribution in [3.05, 3.63) is 94.3 Å². The standard InChI is InChI=1S/C27H27FN4O3/c1-19-17-31(18-29-19)23-11-5-20(15-25(23)35-3)6-12-26-30-27(33)16-24(32(26)13-4-14-34-2)21-7-9-22(28)10-8-21/h5-12,15-18H,4,13-14H2,1-3H3. The third kappa shape index (κ3) is 5.73. The van der Waals surface area contributed by atoms with Crippen molar-refractivity contribution in [2.75, 3.05) is 20.8 Å². The van der Waals surface area contributed by atoms with Crippen molar-refractivity contribution in [1.82, 2.24) is 19.1 Å². The fourth-order valence-electron chi connectivity index (χ4n) is 3.85. The largest absolute Gasteiger partial charge is 0.495 e. The summed E-state index contributed by atoms with van der Waals surface area (Å²) in [5, 5.41) is 0. The molecule has 4 rings (SSSR count). The lowest BCUT2D eigenvalue weighted by Gasteiger charge is -2.16. The van der Waals surface area contributed by atoms with Crippen molar-refractivity contribution in [2.45, 2.75) is 19.9 Å². The van der Waals surface area contributed by atoms with Crippen molar-refractivity contribution in [3.8, 4) is 22.7 Å². The maximum absolute atomic E-state index is 13.5. The van der Waals surface area contributed by atoms with Crippen LogP contribution in [0.2, 0.25) is 0 Å². The van der Waals surface area contributed by atoms with Gasteiger partial charge in [0.2, 0.25) is 0 Å². The third-order valence-electron chi connectivity index (χ3n) is 5.54. The number of hydrogen-bond acceptors (Lipinski definition) is 5. The summed E-state index contributed by atoms with van der Waals surface area (Å²) < 4.78 is 28.2. The van der Waals surface area contributed by atoms with Crippen molar-refractivity contribution in [1.29, 1.82) is 0 Å². The predicted molar refractivity (Wildman–Crippen MR) is 134 cm³/mol. The molecule has 0 saturated heterocycles. The molecule has 0 aliphatic heterocycles. The first kappa shape index (κ1) is 24.1. The molecule has 7 nitrogen and oxygen atoms in total. The Hall–Kier alpha value is -4.04. The van der Waals surface area contributed by atoms with Crippen LogP contribution in [-0.2, 0) is 11.3 Å². The van der Waals surface area contributed by atoms with Gasteiger partial charge in [0, 0.05) is 32.5 Å². The van der Waals surface area contributed by atoms with Crippen LogP contribution in [-0.4, -0.2) is 39.9 Å². The summed E-state index contributed by atoms with van der Waals surface area (Å²) in [5.41, 5.74) is 3.71. The van der Waals surface area contributed by atoms with Gasteiger partial charge in [0.1, 0.15) is 17.4 Å². The van der Waals surface area contributed by atoms with E-state index in [0.29, 0.717) is 30.4 Å². The summed E-state index contributed by atoms with van der Waals surface area (Å²) in [4.78, 5) is 21.0. The third-order valence-corrected chi connectivity index (χ3v) is 5.54. The van der Waals surface area contributed by atoms with Crippen LogP contribution in [0.5, 0.6) is 5.75 Å². The second-order valence-corrected chi connectivity index (χ2v) is 8.03. The molecule has 2 heterocycles. The fourth-order valence-corrected chi connectivity index (χ4v) is 3.85. The second-order valence-electron chi connectivity index (χ2n) is 8.03. The molecule has 0 atom stereocenters. The topological polar surface area (TPSA) is 71.2 Å². The minimum absolute atomic E-state index is 0.334. The van der Waals surface area contributed by atoms with E-state index >= 15 is 0 Å². The minimum atomic E-state index is -0.365. The Bertz CT molecular complexity index is 1390. The van der Waals surface area contributed by atoms with Gasteiger partial charge in [-0.15, -0.1) is 0 Å². The number of rotatable bonds is 9. The van der Waals surface area contributed by atoms with E-state index in [0.717, 1.165) is 28.9 Å². The molecule has 0 aliphatic rings. The Kier molecular flexibility index (Phi) is 7.52. The monoisotopic (exact) mass is 474 g/mol. The molecule has 35 heavy (non-hydrogen) atoms. The summed E-state index contributed by atoms with van der Waals surface area (Å²) in [5.74, 6) is 0.857. The zero-order chi connectivity index (χ0) is 24.8. The Balaban J connectivity index is 1.72. The molecule has 0 amide bonds. The second kappa shape index (κ2) is 10.9. The van der Waals surface area contributed by atoms with Crippen LogP contribution in [0, 0.1) is 12.7 Å². The molecule has 0 spiro atoms. The molecule has 0 N–H and O–H groups in total.